The van der Waals surface area contributed by atoms with Crippen LogP contribution in [0.15, 0.2) is 42.2 Å². The fraction of sp³-hybridized carbons (Fsp3) is 0.294. The summed E-state index contributed by atoms with van der Waals surface area (Å²) in [5.74, 6) is -0.735. The lowest BCUT2D eigenvalue weighted by atomic mass is 10.0. The molecule has 1 aromatic carbocycles. The number of rotatable bonds is 11. The van der Waals surface area contributed by atoms with Gasteiger partial charge in [-0.05, 0) is 18.2 Å². The maximum Gasteiger partial charge on any atom is 0.254 e. The summed E-state index contributed by atoms with van der Waals surface area (Å²) in [7, 11) is -7.71. The van der Waals surface area contributed by atoms with Crippen molar-refractivity contribution in [3.05, 3.63) is 42.2 Å². The van der Waals surface area contributed by atoms with Crippen LogP contribution in [0.3, 0.4) is 0 Å². The second-order valence-electron chi connectivity index (χ2n) is 6.10. The summed E-state index contributed by atoms with van der Waals surface area (Å²) in [4.78, 5) is 23.7. The summed E-state index contributed by atoms with van der Waals surface area (Å²) < 4.78 is 51.1. The second-order valence-corrected chi connectivity index (χ2v) is 9.35. The van der Waals surface area contributed by atoms with Crippen molar-refractivity contribution in [2.24, 2.45) is 5.92 Å². The van der Waals surface area contributed by atoms with Gasteiger partial charge in [-0.3, -0.25) is 19.0 Å². The van der Waals surface area contributed by atoms with E-state index in [4.69, 9.17) is 0 Å². The third-order valence-electron chi connectivity index (χ3n) is 3.42. The summed E-state index contributed by atoms with van der Waals surface area (Å²) in [5, 5.41) is 3.88. The summed E-state index contributed by atoms with van der Waals surface area (Å²) >= 11 is 0. The normalized spacial score (nSPS) is 11.5. The molecular weight excluding hydrogens is 406 g/mol. The minimum atomic E-state index is -3.86. The molecule has 1 aromatic rings. The van der Waals surface area contributed by atoms with Crippen LogP contribution < -0.4 is 14.8 Å². The van der Waals surface area contributed by atoms with E-state index in [1.54, 1.807) is 13.8 Å². The molecule has 0 aromatic heterocycles. The zero-order valence-corrected chi connectivity index (χ0v) is 17.2. The first kappa shape index (κ1) is 23.4. The van der Waals surface area contributed by atoms with E-state index in [2.05, 4.69) is 27.9 Å². The lowest BCUT2D eigenvalue weighted by molar-refractivity contribution is -0.124. The van der Waals surface area contributed by atoms with Crippen molar-refractivity contribution in [3.8, 4) is 0 Å². The molecule has 0 radical (unpaired) electrons. The maximum atomic E-state index is 12.1. The van der Waals surface area contributed by atoms with E-state index < -0.39 is 26.0 Å². The van der Waals surface area contributed by atoms with Gasteiger partial charge in [-0.2, -0.15) is 0 Å². The van der Waals surface area contributed by atoms with Gasteiger partial charge < -0.3 is 5.32 Å². The number of hydrogen-bond acceptors (Lipinski definition) is 6. The smallest absolute Gasteiger partial charge is 0.254 e. The molecule has 0 spiro atoms. The van der Waals surface area contributed by atoms with E-state index in [0.717, 1.165) is 0 Å². The molecular formula is C17H23N3O6S2. The van der Waals surface area contributed by atoms with Gasteiger partial charge in [0.25, 0.3) is 20.0 Å². The predicted molar refractivity (Wildman–Crippen MR) is 110 cm³/mol. The molecule has 154 valence electrons. The molecule has 0 saturated heterocycles. The van der Waals surface area contributed by atoms with Crippen LogP contribution in [0.2, 0.25) is 0 Å². The highest BCUT2D eigenvalue weighted by Gasteiger charge is 2.14. The number of anilines is 3. The lowest BCUT2D eigenvalue weighted by Crippen LogP contribution is -2.16. The van der Waals surface area contributed by atoms with Crippen LogP contribution in [0, 0.1) is 5.92 Å². The van der Waals surface area contributed by atoms with Crippen molar-refractivity contribution in [1.82, 2.24) is 0 Å². The van der Waals surface area contributed by atoms with Crippen LogP contribution >= 0.6 is 0 Å². The molecule has 3 N–H and O–H groups in total. The summed E-state index contributed by atoms with van der Waals surface area (Å²) in [5.41, 5.74) is 0.128. The second kappa shape index (κ2) is 9.51. The number of Topliss-reactive ketones (excluding diaryl/α,β-unsaturated/α-hetero) is 1. The van der Waals surface area contributed by atoms with Gasteiger partial charge in [0.15, 0.2) is 0 Å². The van der Waals surface area contributed by atoms with Crippen LogP contribution in [0.25, 0.3) is 0 Å². The Hall–Kier alpha value is -2.66. The average Bonchev–Trinajstić information content (AvgIpc) is 2.58. The van der Waals surface area contributed by atoms with Crippen LogP contribution in [0.5, 0.6) is 0 Å². The molecule has 0 atom stereocenters. The van der Waals surface area contributed by atoms with E-state index in [9.17, 15) is 26.4 Å². The highest BCUT2D eigenvalue weighted by molar-refractivity contribution is 7.95. The molecule has 0 aliphatic rings. The monoisotopic (exact) mass is 429 g/mol. The Morgan fingerprint density at radius 2 is 1.32 bits per heavy atom. The van der Waals surface area contributed by atoms with Gasteiger partial charge in [0.2, 0.25) is 5.91 Å². The van der Waals surface area contributed by atoms with Gasteiger partial charge in [-0.1, -0.05) is 27.0 Å². The molecule has 1 rings (SSSR count). The van der Waals surface area contributed by atoms with E-state index in [0.29, 0.717) is 10.8 Å². The molecule has 0 fully saturated rings. The van der Waals surface area contributed by atoms with E-state index in [1.165, 1.54) is 18.2 Å². The topological polar surface area (TPSA) is 139 Å². The van der Waals surface area contributed by atoms with E-state index in [1.807, 2.05) is 0 Å². The van der Waals surface area contributed by atoms with Crippen LogP contribution in [0.4, 0.5) is 17.1 Å². The Morgan fingerprint density at radius 3 is 1.71 bits per heavy atom. The summed E-state index contributed by atoms with van der Waals surface area (Å²) in [6.45, 7) is 9.80. The standard InChI is InChI=1S/C17H23N3O6S2/c1-5-27(23,24)19-14-9-13(10-15(11-14)20-28(25,26)6-2)18-17(22)8-7-16(21)12(3)4/h5-6,9-12,19-20H,1-2,7-8H2,3-4H3,(H,18,22). The SMILES string of the molecule is C=CS(=O)(=O)Nc1cc(NC(=O)CCC(=O)C(C)C)cc(NS(=O)(=O)C=C)c1. The van der Waals surface area contributed by atoms with Gasteiger partial charge in [0, 0.05) is 35.3 Å². The predicted octanol–water partition coefficient (Wildman–Crippen LogP) is 2.40. The highest BCUT2D eigenvalue weighted by Crippen LogP contribution is 2.25. The number of benzene rings is 1. The van der Waals surface area contributed by atoms with Gasteiger partial charge in [-0.25, -0.2) is 16.8 Å². The average molecular weight is 430 g/mol. The molecule has 1 amide bonds. The number of carbonyl (C=O) groups is 2. The lowest BCUT2D eigenvalue weighted by Gasteiger charge is -2.13. The summed E-state index contributed by atoms with van der Waals surface area (Å²) in [6.07, 6.45) is -0.00439. The Morgan fingerprint density at radius 1 is 0.893 bits per heavy atom. The molecule has 28 heavy (non-hydrogen) atoms. The number of sulfonamides is 2. The van der Waals surface area contributed by atoms with Gasteiger partial charge in [-0.15, -0.1) is 0 Å². The maximum absolute atomic E-state index is 12.1. The number of carbonyl (C=O) groups excluding carboxylic acids is 2. The number of hydrogen-bond donors (Lipinski definition) is 3. The highest BCUT2D eigenvalue weighted by atomic mass is 32.2. The van der Waals surface area contributed by atoms with Crippen molar-refractivity contribution < 1.29 is 26.4 Å². The number of amides is 1. The van der Waals surface area contributed by atoms with Crippen molar-refractivity contribution in [3.63, 3.8) is 0 Å². The Kier molecular flexibility index (Phi) is 7.94. The fourth-order valence-corrected chi connectivity index (χ4v) is 3.04. The van der Waals surface area contributed by atoms with Gasteiger partial charge >= 0.3 is 0 Å². The third-order valence-corrected chi connectivity index (χ3v) is 5.34. The molecule has 0 heterocycles. The van der Waals surface area contributed by atoms with Crippen LogP contribution in [-0.4, -0.2) is 28.5 Å². The molecule has 9 nitrogen and oxygen atoms in total. The van der Waals surface area contributed by atoms with Crippen LogP contribution in [0.1, 0.15) is 26.7 Å². The summed E-state index contributed by atoms with van der Waals surface area (Å²) in [6, 6.07) is 3.82. The zero-order valence-electron chi connectivity index (χ0n) is 15.6. The van der Waals surface area contributed by atoms with E-state index >= 15 is 0 Å². The van der Waals surface area contributed by atoms with Crippen molar-refractivity contribution in [1.29, 1.82) is 0 Å². The first-order chi connectivity index (χ1) is 12.9. The molecule has 0 aliphatic heterocycles. The first-order valence-corrected chi connectivity index (χ1v) is 11.2. The number of nitrogens with one attached hydrogen (secondary N) is 3. The third kappa shape index (κ3) is 7.92. The molecule has 0 aliphatic carbocycles. The first-order valence-electron chi connectivity index (χ1n) is 8.15. The zero-order chi connectivity index (χ0) is 21.5. The minimum Gasteiger partial charge on any atom is -0.326 e. The van der Waals surface area contributed by atoms with Crippen LogP contribution in [-0.2, 0) is 29.6 Å². The Labute approximate surface area is 165 Å². The van der Waals surface area contributed by atoms with Gasteiger partial charge in [0.05, 0.1) is 11.4 Å². The Balaban J connectivity index is 3.11. The molecule has 0 bridgehead atoms. The van der Waals surface area contributed by atoms with E-state index in [-0.39, 0.29) is 41.6 Å². The molecule has 0 saturated carbocycles. The van der Waals surface area contributed by atoms with Crippen molar-refractivity contribution in [2.75, 3.05) is 14.8 Å². The number of ketones is 1. The molecule has 0 unspecified atom stereocenters. The quantitative estimate of drug-likeness (QED) is 0.494. The van der Waals surface area contributed by atoms with Crippen molar-refractivity contribution >= 4 is 48.8 Å². The fourth-order valence-electron chi connectivity index (χ4n) is 1.98. The molecule has 11 heteroatoms. The Bertz CT molecular complexity index is 924. The van der Waals surface area contributed by atoms with Crippen molar-refractivity contribution in [2.45, 2.75) is 26.7 Å². The minimum absolute atomic E-state index is 0.00211. The largest absolute Gasteiger partial charge is 0.326 e. The van der Waals surface area contributed by atoms with Gasteiger partial charge in [0.1, 0.15) is 5.78 Å².